The van der Waals surface area contributed by atoms with Gasteiger partial charge in [0.15, 0.2) is 0 Å². The Kier molecular flexibility index (Phi) is 12.6. The van der Waals surface area contributed by atoms with Crippen LogP contribution in [0.25, 0.3) is 0 Å². The molecule has 0 unspecified atom stereocenters. The molecule has 1 aromatic heterocycles. The minimum absolute atomic E-state index is 0.180. The zero-order valence-corrected chi connectivity index (χ0v) is 19.2. The minimum atomic E-state index is -0.343. The summed E-state index contributed by atoms with van der Waals surface area (Å²) >= 11 is 6.80. The number of anilines is 2. The van der Waals surface area contributed by atoms with Crippen LogP contribution in [-0.4, -0.2) is 24.0 Å². The fourth-order valence-corrected chi connectivity index (χ4v) is 2.25. The second-order valence-electron chi connectivity index (χ2n) is 5.22. The first-order valence-electron chi connectivity index (χ1n) is 8.00. The molecule has 0 atom stereocenters. The molecule has 1 aromatic carbocycles. The molecule has 0 aliphatic carbocycles. The number of carbonyl (C=O) groups is 1. The molecular weight excluding hydrogens is 554 g/mol. The predicted octanol–water partition coefficient (Wildman–Crippen LogP) is 4.36. The van der Waals surface area contributed by atoms with Crippen molar-refractivity contribution in [1.29, 1.82) is 0 Å². The zero-order valence-electron chi connectivity index (χ0n) is 14.4. The zero-order chi connectivity index (χ0) is 19.2. The number of hydrogen-bond acceptors (Lipinski definition) is 4. The molecule has 5 nitrogen and oxygen atoms in total. The summed E-state index contributed by atoms with van der Waals surface area (Å²) in [7, 11) is 0. The van der Waals surface area contributed by atoms with Crippen molar-refractivity contribution in [3.8, 4) is 0 Å². The van der Waals surface area contributed by atoms with Crippen molar-refractivity contribution in [1.82, 2.24) is 4.98 Å². The largest absolute Gasteiger partial charge is 0.265 e. The number of carbonyl (C=O) groups excluding carboxylic acids is 1. The number of nitrogens with two attached hydrogens (primary N) is 1. The van der Waals surface area contributed by atoms with Crippen LogP contribution < -0.4 is 15.5 Å². The van der Waals surface area contributed by atoms with Crippen LogP contribution >= 0.6 is 26.9 Å². The van der Waals surface area contributed by atoms with Gasteiger partial charge in [-0.25, -0.2) is 0 Å². The standard InChI is InChI=1S/C13H17N3O.C5H5N.2BrH.Pd/c1-2-3-8-15-10-16(9-13(14)17)12-7-5-4-6-11(12)15;1-2-4-6-5-3-1;;;/h4-7H,2-3,8-9H2,1H3,(H2,14,17);1-5H;2*1H;/q;;;;+2/p-2. The van der Waals surface area contributed by atoms with E-state index in [9.17, 15) is 4.79 Å². The van der Waals surface area contributed by atoms with Crippen molar-refractivity contribution in [2.75, 3.05) is 22.9 Å². The van der Waals surface area contributed by atoms with E-state index in [4.69, 9.17) is 5.73 Å². The molecule has 0 spiro atoms. The Morgan fingerprint density at radius 2 is 1.69 bits per heavy atom. The first-order chi connectivity index (χ1) is 12.6. The Bertz CT molecular complexity index is 607. The third kappa shape index (κ3) is 8.63. The molecule has 1 aliphatic heterocycles. The van der Waals surface area contributed by atoms with Crippen molar-refractivity contribution >= 4 is 44.1 Å². The minimum Gasteiger partial charge on any atom is -0.265 e. The second kappa shape index (κ2) is 14.2. The van der Waals surface area contributed by atoms with E-state index >= 15 is 0 Å². The van der Waals surface area contributed by atoms with Crippen molar-refractivity contribution < 1.29 is 18.7 Å². The van der Waals surface area contributed by atoms with Crippen LogP contribution in [0, 0.1) is 6.67 Å². The molecule has 1 amide bonds. The van der Waals surface area contributed by atoms with Crippen LogP contribution in [0.15, 0.2) is 54.9 Å². The van der Waals surface area contributed by atoms with Crippen molar-refractivity contribution in [3.05, 3.63) is 61.5 Å². The maximum Gasteiger partial charge on any atom is 0.0267 e. The maximum atomic E-state index is 11.0. The van der Waals surface area contributed by atoms with E-state index in [1.165, 1.54) is 0 Å². The van der Waals surface area contributed by atoms with Gasteiger partial charge in [-0.3, -0.25) is 9.78 Å². The number of pyridine rings is 1. The third-order valence-corrected chi connectivity index (χ3v) is 3.32. The molecule has 0 bridgehead atoms. The molecule has 0 fully saturated rings. The van der Waals surface area contributed by atoms with Crippen LogP contribution in [0.4, 0.5) is 11.4 Å². The number of aromatic nitrogens is 1. The van der Waals surface area contributed by atoms with Gasteiger partial charge in [0, 0.05) is 18.9 Å². The van der Waals surface area contributed by atoms with Gasteiger partial charge in [-0.1, -0.05) is 31.5 Å². The summed E-state index contributed by atoms with van der Waals surface area (Å²) in [4.78, 5) is 18.6. The Balaban J connectivity index is 0.000000310. The summed E-state index contributed by atoms with van der Waals surface area (Å²) in [5, 5.41) is 0. The fourth-order valence-electron chi connectivity index (χ4n) is 2.25. The van der Waals surface area contributed by atoms with E-state index in [0.717, 1.165) is 30.8 Å². The first-order valence-corrected chi connectivity index (χ1v) is 15.1. The van der Waals surface area contributed by atoms with E-state index < -0.39 is 0 Å². The van der Waals surface area contributed by atoms with E-state index in [1.54, 1.807) is 17.3 Å². The number of para-hydroxylation sites is 2. The summed E-state index contributed by atoms with van der Waals surface area (Å²) in [6.45, 7) is 6.44. The van der Waals surface area contributed by atoms with E-state index in [2.05, 4.69) is 50.3 Å². The molecule has 2 radical (unpaired) electrons. The van der Waals surface area contributed by atoms with Crippen LogP contribution in [0.1, 0.15) is 19.8 Å². The summed E-state index contributed by atoms with van der Waals surface area (Å²) in [5.74, 6) is -0.343. The fraction of sp³-hybridized carbons (Fsp3) is 0.278. The van der Waals surface area contributed by atoms with Gasteiger partial charge in [0.2, 0.25) is 12.6 Å². The number of primary amides is 1. The van der Waals surface area contributed by atoms with E-state index in [-0.39, 0.29) is 12.5 Å². The van der Waals surface area contributed by atoms with Crippen molar-refractivity contribution in [2.45, 2.75) is 19.8 Å². The molecule has 3 rings (SSSR count). The number of hydrogen-bond donors (Lipinski definition) is 1. The van der Waals surface area contributed by atoms with Crippen LogP contribution in [0.3, 0.4) is 0 Å². The number of benzene rings is 1. The molecule has 2 heterocycles. The number of amides is 1. The predicted molar refractivity (Wildman–Crippen MR) is 111 cm³/mol. The van der Waals surface area contributed by atoms with Gasteiger partial charge < -0.3 is 15.5 Å². The molecule has 2 aromatic rings. The van der Waals surface area contributed by atoms with Crippen LogP contribution in [-0.2, 0) is 18.7 Å². The average molecular weight is 577 g/mol. The Morgan fingerprint density at radius 3 is 2.12 bits per heavy atom. The van der Waals surface area contributed by atoms with E-state index in [1.807, 2.05) is 42.5 Å². The Hall–Kier alpha value is -0.938. The van der Waals surface area contributed by atoms with Gasteiger partial charge >= 0.3 is 40.8 Å². The van der Waals surface area contributed by atoms with Gasteiger partial charge in [0.05, 0.1) is 17.9 Å². The molecular formula is C18H22Br2N4OPd. The smallest absolute Gasteiger partial charge is 0.0267 e. The van der Waals surface area contributed by atoms with Gasteiger partial charge in [-0.2, -0.15) is 0 Å². The summed E-state index contributed by atoms with van der Waals surface area (Å²) in [5.41, 5.74) is 7.34. The Labute approximate surface area is 177 Å². The Morgan fingerprint density at radius 1 is 1.12 bits per heavy atom. The molecule has 1 aliphatic rings. The molecule has 2 N–H and O–H groups in total. The topological polar surface area (TPSA) is 62.5 Å². The third-order valence-electron chi connectivity index (χ3n) is 3.32. The second-order valence-corrected chi connectivity index (χ2v) is 12.4. The number of rotatable bonds is 5. The number of unbranched alkanes of at least 4 members (excludes halogenated alkanes) is 1. The molecule has 8 heteroatoms. The molecule has 144 valence electrons. The van der Waals surface area contributed by atoms with Gasteiger partial charge in [-0.05, 0) is 30.7 Å². The molecule has 0 saturated carbocycles. The van der Waals surface area contributed by atoms with Crippen molar-refractivity contribution in [3.63, 3.8) is 0 Å². The summed E-state index contributed by atoms with van der Waals surface area (Å²) in [6, 6.07) is 13.7. The van der Waals surface area contributed by atoms with Crippen LogP contribution in [0.5, 0.6) is 0 Å². The number of nitrogens with zero attached hydrogens (tertiary/aromatic N) is 3. The van der Waals surface area contributed by atoms with Gasteiger partial charge in [-0.15, -0.1) is 0 Å². The van der Waals surface area contributed by atoms with Crippen molar-refractivity contribution in [2.24, 2.45) is 5.73 Å². The van der Waals surface area contributed by atoms with Crippen LogP contribution in [0.2, 0.25) is 0 Å². The average Bonchev–Trinajstić information content (AvgIpc) is 3.00. The normalized spacial score (nSPS) is 11.8. The molecule has 26 heavy (non-hydrogen) atoms. The monoisotopic (exact) mass is 574 g/mol. The quantitative estimate of drug-likeness (QED) is 0.538. The van der Waals surface area contributed by atoms with Gasteiger partial charge in [0.1, 0.15) is 0 Å². The SMILES string of the molecule is CCCCN1[C]N(CC(N)=O)c2ccccc21.[Br][Pd][Br].c1ccncc1. The van der Waals surface area contributed by atoms with Gasteiger partial charge in [0.25, 0.3) is 0 Å². The maximum absolute atomic E-state index is 11.0. The molecule has 0 saturated heterocycles. The van der Waals surface area contributed by atoms with E-state index in [0.29, 0.717) is 13.9 Å². The first kappa shape index (κ1) is 23.1. The number of halogens is 2. The summed E-state index contributed by atoms with van der Waals surface area (Å²) < 4.78 is 0. The number of fused-ring (bicyclic) bond motifs is 1. The summed E-state index contributed by atoms with van der Waals surface area (Å²) in [6.07, 6.45) is 5.74.